The molecule has 154 valence electrons. The maximum absolute atomic E-state index is 10.1. The molecule has 1 aliphatic rings. The summed E-state index contributed by atoms with van der Waals surface area (Å²) in [4.78, 5) is 0. The van der Waals surface area contributed by atoms with Gasteiger partial charge in [0.05, 0.1) is 12.7 Å². The Bertz CT molecular complexity index is 824. The van der Waals surface area contributed by atoms with Crippen LogP contribution in [0.4, 0.5) is 0 Å². The van der Waals surface area contributed by atoms with E-state index in [2.05, 4.69) is 79.4 Å². The van der Waals surface area contributed by atoms with E-state index in [1.165, 1.54) is 0 Å². The molecule has 1 aliphatic carbocycles. The Hall–Kier alpha value is -2.68. The van der Waals surface area contributed by atoms with Crippen LogP contribution in [0.5, 0.6) is 0 Å². The molecule has 3 aromatic rings. The maximum Gasteiger partial charge on any atom is 0.143 e. The SMILES string of the molecule is C=CC1CC(O)CCC1COC(c1ccccc1)(c1ccccc1)c1ccccc1. The van der Waals surface area contributed by atoms with Gasteiger partial charge in [0, 0.05) is 0 Å². The molecule has 0 heterocycles. The molecule has 1 N–H and O–H groups in total. The zero-order chi connectivity index (χ0) is 20.8. The number of hydrogen-bond acceptors (Lipinski definition) is 2. The van der Waals surface area contributed by atoms with Crippen molar-refractivity contribution in [3.05, 3.63) is 120 Å². The van der Waals surface area contributed by atoms with Gasteiger partial charge >= 0.3 is 0 Å². The van der Waals surface area contributed by atoms with Crippen LogP contribution in [0.15, 0.2) is 104 Å². The monoisotopic (exact) mass is 398 g/mol. The lowest BCUT2D eigenvalue weighted by molar-refractivity contribution is -0.0337. The summed E-state index contributed by atoms with van der Waals surface area (Å²) < 4.78 is 6.97. The highest BCUT2D eigenvalue weighted by atomic mass is 16.5. The first-order valence-corrected chi connectivity index (χ1v) is 10.8. The average Bonchev–Trinajstić information content (AvgIpc) is 2.82. The molecular formula is C28H30O2. The van der Waals surface area contributed by atoms with Gasteiger partial charge in [0.25, 0.3) is 0 Å². The Labute approximate surface area is 179 Å². The molecule has 0 radical (unpaired) electrons. The van der Waals surface area contributed by atoms with Gasteiger partial charge in [-0.05, 0) is 47.8 Å². The Morgan fingerprint density at radius 3 is 1.70 bits per heavy atom. The zero-order valence-electron chi connectivity index (χ0n) is 17.4. The molecule has 2 nitrogen and oxygen atoms in total. The molecule has 30 heavy (non-hydrogen) atoms. The van der Waals surface area contributed by atoms with Crippen LogP contribution in [0.1, 0.15) is 36.0 Å². The first-order chi connectivity index (χ1) is 14.7. The van der Waals surface area contributed by atoms with Crippen LogP contribution in [0.3, 0.4) is 0 Å². The fourth-order valence-corrected chi connectivity index (χ4v) is 4.74. The van der Waals surface area contributed by atoms with E-state index in [9.17, 15) is 5.11 Å². The summed E-state index contributed by atoms with van der Waals surface area (Å²) in [5.41, 5.74) is 2.67. The van der Waals surface area contributed by atoms with E-state index in [4.69, 9.17) is 4.74 Å². The lowest BCUT2D eigenvalue weighted by Crippen LogP contribution is -2.37. The average molecular weight is 399 g/mol. The van der Waals surface area contributed by atoms with E-state index < -0.39 is 5.60 Å². The molecule has 3 atom stereocenters. The summed E-state index contributed by atoms with van der Waals surface area (Å²) >= 11 is 0. The minimum absolute atomic E-state index is 0.230. The van der Waals surface area contributed by atoms with E-state index in [1.54, 1.807) is 0 Å². The zero-order valence-corrected chi connectivity index (χ0v) is 17.4. The lowest BCUT2D eigenvalue weighted by Gasteiger charge is -2.39. The Morgan fingerprint density at radius 1 is 0.800 bits per heavy atom. The molecule has 1 saturated carbocycles. The van der Waals surface area contributed by atoms with Gasteiger partial charge in [0.2, 0.25) is 0 Å². The summed E-state index contributed by atoms with van der Waals surface area (Å²) in [5, 5.41) is 10.1. The van der Waals surface area contributed by atoms with E-state index in [0.717, 1.165) is 36.0 Å². The van der Waals surface area contributed by atoms with Crippen molar-refractivity contribution in [1.29, 1.82) is 0 Å². The van der Waals surface area contributed by atoms with Crippen LogP contribution in [0, 0.1) is 11.8 Å². The summed E-state index contributed by atoms with van der Waals surface area (Å²) in [6.07, 6.45) is 4.31. The van der Waals surface area contributed by atoms with Crippen molar-refractivity contribution in [3.63, 3.8) is 0 Å². The van der Waals surface area contributed by atoms with Gasteiger partial charge in [-0.15, -0.1) is 6.58 Å². The molecule has 3 unspecified atom stereocenters. The molecule has 0 amide bonds. The Morgan fingerprint density at radius 2 is 1.27 bits per heavy atom. The molecule has 0 spiro atoms. The van der Waals surface area contributed by atoms with Crippen molar-refractivity contribution in [2.45, 2.75) is 31.0 Å². The van der Waals surface area contributed by atoms with Gasteiger partial charge in [-0.2, -0.15) is 0 Å². The van der Waals surface area contributed by atoms with Crippen molar-refractivity contribution < 1.29 is 9.84 Å². The molecule has 1 fully saturated rings. The molecule has 4 rings (SSSR count). The Balaban J connectivity index is 1.78. The number of benzene rings is 3. The predicted octanol–water partition coefficient (Wildman–Crippen LogP) is 5.96. The number of ether oxygens (including phenoxy) is 1. The van der Waals surface area contributed by atoms with Gasteiger partial charge in [-0.1, -0.05) is 97.1 Å². The minimum atomic E-state index is -0.689. The second-order valence-corrected chi connectivity index (χ2v) is 8.22. The second-order valence-electron chi connectivity index (χ2n) is 8.22. The molecule has 0 saturated heterocycles. The highest BCUT2D eigenvalue weighted by Crippen LogP contribution is 2.42. The van der Waals surface area contributed by atoms with E-state index in [-0.39, 0.29) is 12.0 Å². The minimum Gasteiger partial charge on any atom is -0.393 e. The second kappa shape index (κ2) is 9.42. The van der Waals surface area contributed by atoms with Crippen molar-refractivity contribution in [3.8, 4) is 0 Å². The fourth-order valence-electron chi connectivity index (χ4n) is 4.74. The molecule has 2 heteroatoms. The summed E-state index contributed by atoms with van der Waals surface area (Å²) in [5.74, 6) is 0.621. The molecule has 0 aliphatic heterocycles. The predicted molar refractivity (Wildman–Crippen MR) is 122 cm³/mol. The third-order valence-electron chi connectivity index (χ3n) is 6.38. The topological polar surface area (TPSA) is 29.5 Å². The van der Waals surface area contributed by atoms with Crippen LogP contribution in [0.25, 0.3) is 0 Å². The van der Waals surface area contributed by atoms with Crippen LogP contribution in [0.2, 0.25) is 0 Å². The third kappa shape index (κ3) is 4.12. The molecule has 3 aromatic carbocycles. The number of hydrogen-bond donors (Lipinski definition) is 1. The molecule has 0 aromatic heterocycles. The largest absolute Gasteiger partial charge is 0.393 e. The van der Waals surface area contributed by atoms with Gasteiger partial charge in [0.15, 0.2) is 0 Å². The van der Waals surface area contributed by atoms with Crippen LogP contribution in [-0.2, 0) is 10.3 Å². The lowest BCUT2D eigenvalue weighted by atomic mass is 9.77. The van der Waals surface area contributed by atoms with Crippen LogP contribution in [-0.4, -0.2) is 17.8 Å². The summed E-state index contributed by atoms with van der Waals surface area (Å²) in [6, 6.07) is 31.5. The first kappa shape index (κ1) is 20.6. The number of aliphatic hydroxyl groups is 1. The fraction of sp³-hybridized carbons (Fsp3) is 0.286. The summed E-state index contributed by atoms with van der Waals surface area (Å²) in [6.45, 7) is 4.63. The number of rotatable bonds is 7. The highest BCUT2D eigenvalue weighted by molar-refractivity contribution is 5.47. The van der Waals surface area contributed by atoms with E-state index in [0.29, 0.717) is 12.5 Å². The Kier molecular flexibility index (Phi) is 6.47. The van der Waals surface area contributed by atoms with Gasteiger partial charge < -0.3 is 9.84 Å². The molecular weight excluding hydrogens is 368 g/mol. The van der Waals surface area contributed by atoms with Gasteiger partial charge in [0.1, 0.15) is 5.60 Å². The number of aliphatic hydroxyl groups excluding tert-OH is 1. The quantitative estimate of drug-likeness (QED) is 0.393. The normalized spacial score (nSPS) is 21.8. The van der Waals surface area contributed by atoms with Gasteiger partial charge in [-0.3, -0.25) is 0 Å². The van der Waals surface area contributed by atoms with Crippen LogP contribution < -0.4 is 0 Å². The van der Waals surface area contributed by atoms with Gasteiger partial charge in [-0.25, -0.2) is 0 Å². The van der Waals surface area contributed by atoms with Crippen molar-refractivity contribution in [2.75, 3.05) is 6.61 Å². The highest BCUT2D eigenvalue weighted by Gasteiger charge is 2.39. The summed E-state index contributed by atoms with van der Waals surface area (Å²) in [7, 11) is 0. The standard InChI is InChI=1S/C28H30O2/c1-2-22-20-27(29)19-18-23(22)21-30-28(24-12-6-3-7-13-24,25-14-8-4-9-15-25)26-16-10-5-11-17-26/h2-17,22-23,27,29H,1,18-21H2. The maximum atomic E-state index is 10.1. The smallest absolute Gasteiger partial charge is 0.143 e. The third-order valence-corrected chi connectivity index (χ3v) is 6.38. The van der Waals surface area contributed by atoms with E-state index >= 15 is 0 Å². The van der Waals surface area contributed by atoms with Crippen molar-refractivity contribution >= 4 is 0 Å². The first-order valence-electron chi connectivity index (χ1n) is 10.8. The molecule has 0 bridgehead atoms. The number of allylic oxidation sites excluding steroid dienone is 1. The van der Waals surface area contributed by atoms with E-state index in [1.807, 2.05) is 24.3 Å². The van der Waals surface area contributed by atoms with Crippen molar-refractivity contribution in [2.24, 2.45) is 11.8 Å². The van der Waals surface area contributed by atoms with Crippen molar-refractivity contribution in [1.82, 2.24) is 0 Å². The van der Waals surface area contributed by atoms with Crippen LogP contribution >= 0.6 is 0 Å².